The van der Waals surface area contributed by atoms with Crippen LogP contribution in [0.2, 0.25) is 0 Å². The number of ether oxygens (including phenoxy) is 2. The van der Waals surface area contributed by atoms with Gasteiger partial charge in [-0.3, -0.25) is 14.5 Å². The first-order valence-electron chi connectivity index (χ1n) is 20.0. The summed E-state index contributed by atoms with van der Waals surface area (Å²) in [6, 6.07) is 46.8. The van der Waals surface area contributed by atoms with Gasteiger partial charge in [-0.15, -0.1) is 0 Å². The van der Waals surface area contributed by atoms with Gasteiger partial charge in [0.1, 0.15) is 0 Å². The van der Waals surface area contributed by atoms with E-state index in [1.165, 1.54) is 16.3 Å². The van der Waals surface area contributed by atoms with E-state index >= 15 is 0 Å². The fraction of sp³-hybridized carbons (Fsp3) is 0.265. The summed E-state index contributed by atoms with van der Waals surface area (Å²) in [5.74, 6) is -0.287. The van der Waals surface area contributed by atoms with E-state index in [4.69, 9.17) is 15.2 Å². The molecule has 9 nitrogen and oxygen atoms in total. The van der Waals surface area contributed by atoms with Gasteiger partial charge in [-0.05, 0) is 94.9 Å². The highest BCUT2D eigenvalue weighted by molar-refractivity contribution is 5.94. The number of nitrogens with two attached hydrogens (primary N) is 1. The van der Waals surface area contributed by atoms with Crippen molar-refractivity contribution in [2.45, 2.75) is 70.3 Å². The van der Waals surface area contributed by atoms with Crippen LogP contribution >= 0.6 is 0 Å². The van der Waals surface area contributed by atoms with Gasteiger partial charge in [0.2, 0.25) is 11.8 Å². The Labute approximate surface area is 340 Å². The molecule has 1 saturated heterocycles. The largest absolute Gasteiger partial charge is 0.397 e. The lowest BCUT2D eigenvalue weighted by atomic mass is 9.97. The van der Waals surface area contributed by atoms with Crippen LogP contribution in [0, 0.1) is 0 Å². The lowest BCUT2D eigenvalue weighted by molar-refractivity contribution is -0.253. The number of hydrogen-bond donors (Lipinski definition) is 4. The number of nitrogens with zero attached hydrogens (tertiary/aromatic N) is 1. The summed E-state index contributed by atoms with van der Waals surface area (Å²) in [5.41, 5.74) is 14.1. The van der Waals surface area contributed by atoms with E-state index < -0.39 is 6.29 Å². The number of fused-ring (bicyclic) bond motifs is 1. The van der Waals surface area contributed by atoms with Crippen molar-refractivity contribution in [3.63, 3.8) is 0 Å². The molecule has 1 aliphatic rings. The van der Waals surface area contributed by atoms with Gasteiger partial charge in [0.25, 0.3) is 0 Å². The number of aliphatic hydroxyl groups excluding tert-OH is 1. The minimum Gasteiger partial charge on any atom is -0.397 e. The number of nitrogens with one attached hydrogen (secondary N) is 2. The maximum atomic E-state index is 12.7. The zero-order valence-electron chi connectivity index (χ0n) is 33.1. The number of aliphatic hydroxyl groups is 1. The van der Waals surface area contributed by atoms with E-state index in [0.717, 1.165) is 33.4 Å². The minimum absolute atomic E-state index is 0.00973. The van der Waals surface area contributed by atoms with Gasteiger partial charge in [0.05, 0.1) is 30.2 Å². The second-order valence-corrected chi connectivity index (χ2v) is 15.2. The SMILES string of the molecule is CC(c1ccc2ccccc2c1)N(C)CC1CC(c2ccc(CO)cc2)OC(c2cccc(-c3cccc(CNC(=O)CCCC(=O)Nc4ccccc4N)c3)c2)O1. The predicted octanol–water partition coefficient (Wildman–Crippen LogP) is 9.24. The zero-order chi connectivity index (χ0) is 40.4. The third kappa shape index (κ3) is 10.4. The Morgan fingerprint density at radius 1 is 0.759 bits per heavy atom. The van der Waals surface area contributed by atoms with Gasteiger partial charge in [-0.1, -0.05) is 109 Å². The molecule has 0 aromatic heterocycles. The molecule has 4 atom stereocenters. The highest BCUT2D eigenvalue weighted by Crippen LogP contribution is 2.39. The fourth-order valence-corrected chi connectivity index (χ4v) is 7.48. The van der Waals surface area contributed by atoms with Crippen molar-refractivity contribution in [2.24, 2.45) is 0 Å². The molecule has 4 unspecified atom stereocenters. The van der Waals surface area contributed by atoms with Crippen LogP contribution < -0.4 is 16.4 Å². The number of benzene rings is 6. The summed E-state index contributed by atoms with van der Waals surface area (Å²) in [6.45, 7) is 3.31. The van der Waals surface area contributed by atoms with Crippen LogP contribution in [0.3, 0.4) is 0 Å². The van der Waals surface area contributed by atoms with E-state index in [1.807, 2.05) is 60.7 Å². The molecule has 0 radical (unpaired) electrons. The number of para-hydroxylation sites is 2. The topological polar surface area (TPSA) is 126 Å². The third-order valence-electron chi connectivity index (χ3n) is 11.0. The summed E-state index contributed by atoms with van der Waals surface area (Å²) >= 11 is 0. The molecule has 1 fully saturated rings. The summed E-state index contributed by atoms with van der Waals surface area (Å²) in [6.07, 6.45) is 0.675. The third-order valence-corrected chi connectivity index (χ3v) is 11.0. The number of anilines is 2. The monoisotopic (exact) mass is 776 g/mol. The number of carbonyl (C=O) groups excluding carboxylic acids is 2. The molecule has 9 heteroatoms. The quantitative estimate of drug-likeness (QED) is 0.0767. The van der Waals surface area contributed by atoms with Crippen LogP contribution in [0.1, 0.15) is 78.9 Å². The van der Waals surface area contributed by atoms with Crippen LogP contribution in [-0.2, 0) is 32.2 Å². The molecular weight excluding hydrogens is 725 g/mol. The lowest BCUT2D eigenvalue weighted by Crippen LogP contribution is -2.38. The van der Waals surface area contributed by atoms with Crippen molar-refractivity contribution in [2.75, 3.05) is 24.6 Å². The number of likely N-dealkylation sites (N-methyl/N-ethyl adjacent to an activating group) is 1. The van der Waals surface area contributed by atoms with Crippen molar-refractivity contribution >= 4 is 34.0 Å². The van der Waals surface area contributed by atoms with E-state index in [1.54, 1.807) is 12.1 Å². The molecule has 1 aliphatic heterocycles. The average molecular weight is 777 g/mol. The number of rotatable bonds is 15. The summed E-state index contributed by atoms with van der Waals surface area (Å²) in [7, 11) is 2.15. The van der Waals surface area contributed by atoms with Gasteiger partial charge < -0.3 is 30.9 Å². The molecule has 2 amide bonds. The summed E-state index contributed by atoms with van der Waals surface area (Å²) in [5, 5.41) is 17.9. The Hall–Kier alpha value is -5.84. The average Bonchev–Trinajstić information content (AvgIpc) is 3.26. The standard InChI is InChI=1S/C49H52N4O5/c1-33(38-25-24-36-11-3-4-12-40(36)27-38)53(2)31-43-29-46(37-22-20-34(32-54)21-23-37)58-49(57-43)42-15-8-14-41(28-42)39-13-7-10-35(26-39)30-51-47(55)18-9-19-48(56)52-45-17-6-5-16-44(45)50/h3-8,10-17,20-28,33,43,46,49,54H,9,18-19,29-32,50H2,1-2H3,(H,51,55)(H,52,56). The second-order valence-electron chi connectivity index (χ2n) is 15.2. The van der Waals surface area contributed by atoms with Crippen LogP contribution in [-0.4, -0.2) is 41.5 Å². The Bertz CT molecular complexity index is 2330. The number of hydrogen-bond acceptors (Lipinski definition) is 7. The van der Waals surface area contributed by atoms with Crippen LogP contribution in [0.5, 0.6) is 0 Å². The van der Waals surface area contributed by atoms with Crippen molar-refractivity contribution in [1.82, 2.24) is 10.2 Å². The Balaban J connectivity index is 1.00. The molecule has 0 spiro atoms. The van der Waals surface area contributed by atoms with Crippen molar-refractivity contribution in [1.29, 1.82) is 0 Å². The van der Waals surface area contributed by atoms with Gasteiger partial charge in [-0.2, -0.15) is 0 Å². The molecule has 58 heavy (non-hydrogen) atoms. The lowest BCUT2D eigenvalue weighted by Gasteiger charge is -2.39. The molecule has 298 valence electrons. The molecule has 0 saturated carbocycles. The molecule has 0 aliphatic carbocycles. The van der Waals surface area contributed by atoms with Gasteiger partial charge >= 0.3 is 0 Å². The predicted molar refractivity (Wildman–Crippen MR) is 230 cm³/mol. The van der Waals surface area contributed by atoms with Crippen LogP contribution in [0.25, 0.3) is 21.9 Å². The van der Waals surface area contributed by atoms with Crippen molar-refractivity contribution in [3.8, 4) is 11.1 Å². The summed E-state index contributed by atoms with van der Waals surface area (Å²) < 4.78 is 13.5. The maximum Gasteiger partial charge on any atom is 0.224 e. The highest BCUT2D eigenvalue weighted by atomic mass is 16.7. The first kappa shape index (κ1) is 40.4. The van der Waals surface area contributed by atoms with Crippen LogP contribution in [0.15, 0.2) is 140 Å². The van der Waals surface area contributed by atoms with Crippen molar-refractivity contribution in [3.05, 3.63) is 167 Å². The van der Waals surface area contributed by atoms with E-state index in [2.05, 4.69) is 96.2 Å². The summed E-state index contributed by atoms with van der Waals surface area (Å²) in [4.78, 5) is 27.4. The first-order chi connectivity index (χ1) is 28.2. The normalized spacial score (nSPS) is 17.2. The molecule has 0 bridgehead atoms. The fourth-order valence-electron chi connectivity index (χ4n) is 7.48. The first-order valence-corrected chi connectivity index (χ1v) is 20.0. The van der Waals surface area contributed by atoms with E-state index in [0.29, 0.717) is 37.3 Å². The molecule has 6 aromatic carbocycles. The molecular formula is C49H52N4O5. The zero-order valence-corrected chi connectivity index (χ0v) is 33.1. The molecule has 7 rings (SSSR count). The minimum atomic E-state index is -0.597. The number of nitrogen functional groups attached to an aromatic ring is 1. The Kier molecular flexibility index (Phi) is 13.3. The number of carbonyl (C=O) groups is 2. The smallest absolute Gasteiger partial charge is 0.224 e. The van der Waals surface area contributed by atoms with Gasteiger partial charge in [0.15, 0.2) is 6.29 Å². The molecule has 5 N–H and O–H groups in total. The Morgan fingerprint density at radius 3 is 2.28 bits per heavy atom. The maximum absolute atomic E-state index is 12.7. The van der Waals surface area contributed by atoms with E-state index in [9.17, 15) is 14.7 Å². The Morgan fingerprint density at radius 2 is 1.48 bits per heavy atom. The highest BCUT2D eigenvalue weighted by Gasteiger charge is 2.33. The second kappa shape index (κ2) is 19.1. The van der Waals surface area contributed by atoms with Gasteiger partial charge in [0, 0.05) is 44.0 Å². The van der Waals surface area contributed by atoms with Gasteiger partial charge in [-0.25, -0.2) is 0 Å². The molecule has 1 heterocycles. The molecule has 6 aromatic rings. The number of amides is 2. The van der Waals surface area contributed by atoms with Crippen LogP contribution in [0.4, 0.5) is 11.4 Å². The van der Waals surface area contributed by atoms with E-state index in [-0.39, 0.29) is 49.5 Å². The van der Waals surface area contributed by atoms with Crippen molar-refractivity contribution < 1.29 is 24.2 Å².